The zero-order valence-electron chi connectivity index (χ0n) is 14.2. The number of rotatable bonds is 8. The summed E-state index contributed by atoms with van der Waals surface area (Å²) in [4.78, 5) is 23.1. The fourth-order valence-electron chi connectivity index (χ4n) is 2.62. The molecule has 1 unspecified atom stereocenters. The van der Waals surface area contributed by atoms with Crippen LogP contribution < -0.4 is 15.4 Å². The molecule has 6 nitrogen and oxygen atoms in total. The number of nitrogens with one attached hydrogen (secondary N) is 2. The SMILES string of the molecule is COC(=O)CCCOc1ccc(CNC(=O)C2CCCNC2)cc1. The summed E-state index contributed by atoms with van der Waals surface area (Å²) in [5.41, 5.74) is 1.04. The minimum atomic E-state index is -0.224. The zero-order valence-corrected chi connectivity index (χ0v) is 14.2. The highest BCUT2D eigenvalue weighted by Crippen LogP contribution is 2.14. The van der Waals surface area contributed by atoms with E-state index in [0.717, 1.165) is 37.2 Å². The van der Waals surface area contributed by atoms with Crippen molar-refractivity contribution in [2.24, 2.45) is 5.92 Å². The summed E-state index contributed by atoms with van der Waals surface area (Å²) in [5.74, 6) is 0.728. The van der Waals surface area contributed by atoms with Crippen molar-refractivity contribution in [3.8, 4) is 5.75 Å². The molecule has 0 aromatic heterocycles. The minimum Gasteiger partial charge on any atom is -0.494 e. The summed E-state index contributed by atoms with van der Waals surface area (Å²) in [6.07, 6.45) is 2.99. The van der Waals surface area contributed by atoms with Crippen LogP contribution in [0.25, 0.3) is 0 Å². The van der Waals surface area contributed by atoms with Gasteiger partial charge in [0.25, 0.3) is 0 Å². The Kier molecular flexibility index (Phi) is 7.55. The number of carbonyl (C=O) groups excluding carboxylic acids is 2. The van der Waals surface area contributed by atoms with Crippen molar-refractivity contribution < 1.29 is 19.1 Å². The van der Waals surface area contributed by atoms with Crippen LogP contribution in [0.15, 0.2) is 24.3 Å². The molecule has 2 N–H and O–H groups in total. The minimum absolute atomic E-state index is 0.0798. The summed E-state index contributed by atoms with van der Waals surface area (Å²) in [5, 5.41) is 6.24. The van der Waals surface area contributed by atoms with Crippen molar-refractivity contribution in [2.75, 3.05) is 26.8 Å². The molecule has 1 fully saturated rings. The van der Waals surface area contributed by atoms with E-state index in [-0.39, 0.29) is 17.8 Å². The Balaban J connectivity index is 1.67. The maximum absolute atomic E-state index is 12.1. The Morgan fingerprint density at radius 1 is 1.29 bits per heavy atom. The van der Waals surface area contributed by atoms with E-state index in [4.69, 9.17) is 4.74 Å². The van der Waals surface area contributed by atoms with Gasteiger partial charge in [-0.25, -0.2) is 0 Å². The summed E-state index contributed by atoms with van der Waals surface area (Å²) >= 11 is 0. The molecule has 1 aliphatic heterocycles. The van der Waals surface area contributed by atoms with Crippen LogP contribution in [0.2, 0.25) is 0 Å². The first-order valence-electron chi connectivity index (χ1n) is 8.46. The Morgan fingerprint density at radius 3 is 2.75 bits per heavy atom. The fourth-order valence-corrected chi connectivity index (χ4v) is 2.62. The molecule has 1 aromatic rings. The van der Waals surface area contributed by atoms with Crippen molar-refractivity contribution in [3.63, 3.8) is 0 Å². The Labute approximate surface area is 142 Å². The van der Waals surface area contributed by atoms with Gasteiger partial charge in [-0.1, -0.05) is 12.1 Å². The van der Waals surface area contributed by atoms with Crippen LogP contribution in [0.4, 0.5) is 0 Å². The average Bonchev–Trinajstić information content (AvgIpc) is 2.64. The third kappa shape index (κ3) is 6.20. The molecule has 1 aliphatic rings. The van der Waals surface area contributed by atoms with Gasteiger partial charge in [-0.2, -0.15) is 0 Å². The highest BCUT2D eigenvalue weighted by Gasteiger charge is 2.20. The predicted octanol–water partition coefficient (Wildman–Crippen LogP) is 1.63. The van der Waals surface area contributed by atoms with Gasteiger partial charge in [0.15, 0.2) is 0 Å². The molecular weight excluding hydrogens is 308 g/mol. The maximum atomic E-state index is 12.1. The molecule has 0 spiro atoms. The second-order valence-electron chi connectivity index (χ2n) is 5.93. The van der Waals surface area contributed by atoms with Gasteiger partial charge in [-0.15, -0.1) is 0 Å². The van der Waals surface area contributed by atoms with Crippen molar-refractivity contribution in [1.82, 2.24) is 10.6 Å². The lowest BCUT2D eigenvalue weighted by molar-refractivity contribution is -0.140. The molecule has 1 saturated heterocycles. The topological polar surface area (TPSA) is 76.7 Å². The second kappa shape index (κ2) is 9.93. The normalized spacial score (nSPS) is 17.1. The average molecular weight is 334 g/mol. The Morgan fingerprint density at radius 2 is 2.08 bits per heavy atom. The van der Waals surface area contributed by atoms with Gasteiger partial charge < -0.3 is 20.1 Å². The third-order valence-corrected chi connectivity index (χ3v) is 4.08. The van der Waals surface area contributed by atoms with Gasteiger partial charge in [-0.3, -0.25) is 9.59 Å². The number of amides is 1. The first kappa shape index (κ1) is 18.3. The highest BCUT2D eigenvalue weighted by atomic mass is 16.5. The van der Waals surface area contributed by atoms with Crippen LogP contribution >= 0.6 is 0 Å². The van der Waals surface area contributed by atoms with Gasteiger partial charge in [0, 0.05) is 19.5 Å². The second-order valence-corrected chi connectivity index (χ2v) is 5.93. The fraction of sp³-hybridized carbons (Fsp3) is 0.556. The van der Waals surface area contributed by atoms with E-state index in [1.54, 1.807) is 0 Å². The number of hydrogen-bond acceptors (Lipinski definition) is 5. The molecular formula is C18H26N2O4. The summed E-state index contributed by atoms with van der Waals surface area (Å²) in [7, 11) is 1.38. The van der Waals surface area contributed by atoms with Gasteiger partial charge in [0.05, 0.1) is 19.6 Å². The third-order valence-electron chi connectivity index (χ3n) is 4.08. The quantitative estimate of drug-likeness (QED) is 0.558. The highest BCUT2D eigenvalue weighted by molar-refractivity contribution is 5.78. The predicted molar refractivity (Wildman–Crippen MR) is 90.6 cm³/mol. The van der Waals surface area contributed by atoms with Crippen LogP contribution in [0.3, 0.4) is 0 Å². The molecule has 0 saturated carbocycles. The zero-order chi connectivity index (χ0) is 17.2. The molecule has 0 bridgehead atoms. The van der Waals surface area contributed by atoms with Crippen molar-refractivity contribution >= 4 is 11.9 Å². The summed E-state index contributed by atoms with van der Waals surface area (Å²) in [6, 6.07) is 7.63. The van der Waals surface area contributed by atoms with Crippen molar-refractivity contribution in [3.05, 3.63) is 29.8 Å². The molecule has 6 heteroatoms. The number of carbonyl (C=O) groups is 2. The lowest BCUT2D eigenvalue weighted by Crippen LogP contribution is -2.40. The van der Waals surface area contributed by atoms with Crippen LogP contribution in [-0.4, -0.2) is 38.7 Å². The van der Waals surface area contributed by atoms with Gasteiger partial charge in [-0.05, 0) is 43.5 Å². The van der Waals surface area contributed by atoms with Gasteiger partial charge in [0.2, 0.25) is 5.91 Å². The maximum Gasteiger partial charge on any atom is 0.305 e. The molecule has 1 amide bonds. The van der Waals surface area contributed by atoms with Crippen LogP contribution in [0.5, 0.6) is 5.75 Å². The van der Waals surface area contributed by atoms with Crippen LogP contribution in [0, 0.1) is 5.92 Å². The van der Waals surface area contributed by atoms with E-state index >= 15 is 0 Å². The number of ether oxygens (including phenoxy) is 2. The lowest BCUT2D eigenvalue weighted by Gasteiger charge is -2.21. The summed E-state index contributed by atoms with van der Waals surface area (Å²) < 4.78 is 10.1. The number of esters is 1. The van der Waals surface area contributed by atoms with Crippen LogP contribution in [0.1, 0.15) is 31.2 Å². The largest absolute Gasteiger partial charge is 0.494 e. The van der Waals surface area contributed by atoms with Crippen molar-refractivity contribution in [1.29, 1.82) is 0 Å². The first-order valence-corrected chi connectivity index (χ1v) is 8.46. The number of piperidine rings is 1. The molecule has 132 valence electrons. The standard InChI is InChI=1S/C18H26N2O4/c1-23-17(21)5-3-11-24-16-8-6-14(7-9-16)12-20-18(22)15-4-2-10-19-13-15/h6-9,15,19H,2-5,10-13H2,1H3,(H,20,22). The number of hydrogen-bond donors (Lipinski definition) is 2. The monoisotopic (exact) mass is 334 g/mol. The van der Waals surface area contributed by atoms with E-state index in [9.17, 15) is 9.59 Å². The number of benzene rings is 1. The summed E-state index contributed by atoms with van der Waals surface area (Å²) in [6.45, 7) is 2.77. The smallest absolute Gasteiger partial charge is 0.305 e. The Hall–Kier alpha value is -2.08. The number of methoxy groups -OCH3 is 1. The molecule has 1 atom stereocenters. The van der Waals surface area contributed by atoms with Gasteiger partial charge >= 0.3 is 5.97 Å². The first-order chi connectivity index (χ1) is 11.7. The molecule has 1 heterocycles. The molecule has 0 aliphatic carbocycles. The molecule has 24 heavy (non-hydrogen) atoms. The van der Waals surface area contributed by atoms with E-state index < -0.39 is 0 Å². The van der Waals surface area contributed by atoms with E-state index in [1.807, 2.05) is 24.3 Å². The van der Waals surface area contributed by atoms with Crippen LogP contribution in [-0.2, 0) is 20.9 Å². The Bertz CT molecular complexity index is 524. The molecule has 0 radical (unpaired) electrons. The molecule has 1 aromatic carbocycles. The van der Waals surface area contributed by atoms with E-state index in [1.165, 1.54) is 7.11 Å². The van der Waals surface area contributed by atoms with E-state index in [2.05, 4.69) is 15.4 Å². The van der Waals surface area contributed by atoms with Gasteiger partial charge in [0.1, 0.15) is 5.75 Å². The van der Waals surface area contributed by atoms with E-state index in [0.29, 0.717) is 26.0 Å². The lowest BCUT2D eigenvalue weighted by atomic mass is 9.99. The molecule has 2 rings (SSSR count). The van der Waals surface area contributed by atoms with Crippen molar-refractivity contribution in [2.45, 2.75) is 32.2 Å².